The molecule has 2 heterocycles. The van der Waals surface area contributed by atoms with Crippen LogP contribution < -0.4 is 0 Å². The van der Waals surface area contributed by atoms with E-state index in [2.05, 4.69) is 26.7 Å². The molecule has 0 saturated heterocycles. The Hall–Kier alpha value is -1.89. The van der Waals surface area contributed by atoms with Crippen LogP contribution in [0.15, 0.2) is 23.9 Å². The number of aryl methyl sites for hydroxylation is 1. The van der Waals surface area contributed by atoms with Crippen LogP contribution in [-0.2, 0) is 12.1 Å². The summed E-state index contributed by atoms with van der Waals surface area (Å²) in [4.78, 5) is 12.6. The van der Waals surface area contributed by atoms with Crippen molar-refractivity contribution in [3.05, 3.63) is 35.7 Å². The van der Waals surface area contributed by atoms with Crippen LogP contribution in [0.25, 0.3) is 0 Å². The number of allylic oxidation sites excluding steroid dienone is 1. The van der Waals surface area contributed by atoms with Gasteiger partial charge in [0, 0.05) is 23.5 Å². The van der Waals surface area contributed by atoms with Crippen molar-refractivity contribution in [2.75, 3.05) is 5.75 Å². The van der Waals surface area contributed by atoms with Gasteiger partial charge in [0.2, 0.25) is 5.16 Å². The Bertz CT molecular complexity index is 723. The Morgan fingerprint density at radius 1 is 1.39 bits per heavy atom. The van der Waals surface area contributed by atoms with Gasteiger partial charge in [0.25, 0.3) is 0 Å². The summed E-state index contributed by atoms with van der Waals surface area (Å²) in [6, 6.07) is 1.94. The van der Waals surface area contributed by atoms with Crippen LogP contribution in [0.5, 0.6) is 0 Å². The molecule has 2 aromatic rings. The number of thioether (sulfide) groups is 1. The van der Waals surface area contributed by atoms with E-state index in [1.54, 1.807) is 4.68 Å². The van der Waals surface area contributed by atoms with E-state index in [1.807, 2.05) is 46.8 Å². The SMILES string of the molecule is C=CCn1c(C)cc(C(=O)CSc2nnnn2C(C)(C)C)c1C. The van der Waals surface area contributed by atoms with E-state index in [0.717, 1.165) is 17.0 Å². The molecule has 0 radical (unpaired) electrons. The second-order valence-corrected chi connectivity index (χ2v) is 7.38. The summed E-state index contributed by atoms with van der Waals surface area (Å²) >= 11 is 1.37. The molecule has 0 amide bonds. The molecule has 6 nitrogen and oxygen atoms in total. The number of rotatable bonds is 6. The van der Waals surface area contributed by atoms with Gasteiger partial charge < -0.3 is 4.57 Å². The number of hydrogen-bond donors (Lipinski definition) is 0. The second-order valence-electron chi connectivity index (χ2n) is 6.44. The second kappa shape index (κ2) is 6.70. The molecule has 23 heavy (non-hydrogen) atoms. The minimum Gasteiger partial charge on any atom is -0.345 e. The maximum atomic E-state index is 12.6. The Kier molecular flexibility index (Phi) is 5.09. The zero-order chi connectivity index (χ0) is 17.2. The van der Waals surface area contributed by atoms with Crippen molar-refractivity contribution in [3.63, 3.8) is 0 Å². The molecular weight excluding hydrogens is 310 g/mol. The number of Topliss-reactive ketones (excluding diaryl/α,β-unsaturated/α-hetero) is 1. The summed E-state index contributed by atoms with van der Waals surface area (Å²) in [6.45, 7) is 14.5. The maximum absolute atomic E-state index is 12.6. The summed E-state index contributed by atoms with van der Waals surface area (Å²) in [5, 5.41) is 12.4. The fraction of sp³-hybridized carbons (Fsp3) is 0.500. The van der Waals surface area contributed by atoms with Gasteiger partial charge in [-0.15, -0.1) is 11.7 Å². The first-order valence-corrected chi connectivity index (χ1v) is 8.46. The van der Waals surface area contributed by atoms with Crippen LogP contribution in [0.4, 0.5) is 0 Å². The summed E-state index contributed by atoms with van der Waals surface area (Å²) in [6.07, 6.45) is 1.83. The third kappa shape index (κ3) is 3.72. The standard InChI is InChI=1S/C16H23N5OS/c1-7-8-20-11(2)9-13(12(20)3)14(22)10-23-15-17-18-19-21(15)16(4,5)6/h7,9H,1,8,10H2,2-6H3. The number of carbonyl (C=O) groups excluding carboxylic acids is 1. The van der Waals surface area contributed by atoms with E-state index in [-0.39, 0.29) is 11.3 Å². The first-order valence-electron chi connectivity index (χ1n) is 7.48. The monoisotopic (exact) mass is 333 g/mol. The Morgan fingerprint density at radius 2 is 2.09 bits per heavy atom. The minimum atomic E-state index is -0.214. The van der Waals surface area contributed by atoms with Crippen molar-refractivity contribution < 1.29 is 4.79 Å². The van der Waals surface area contributed by atoms with E-state index >= 15 is 0 Å². The molecule has 0 bridgehead atoms. The third-order valence-corrected chi connectivity index (χ3v) is 4.51. The predicted molar refractivity (Wildman–Crippen MR) is 92.0 cm³/mol. The molecule has 0 atom stereocenters. The molecule has 0 spiro atoms. The smallest absolute Gasteiger partial charge is 0.210 e. The first-order chi connectivity index (χ1) is 10.8. The topological polar surface area (TPSA) is 65.6 Å². The van der Waals surface area contributed by atoms with Gasteiger partial charge in [-0.3, -0.25) is 4.79 Å². The van der Waals surface area contributed by atoms with Crippen LogP contribution in [0, 0.1) is 13.8 Å². The normalized spacial score (nSPS) is 11.7. The Morgan fingerprint density at radius 3 is 2.70 bits per heavy atom. The number of hydrogen-bond acceptors (Lipinski definition) is 5. The van der Waals surface area contributed by atoms with Crippen LogP contribution in [0.3, 0.4) is 0 Å². The lowest BCUT2D eigenvalue weighted by atomic mass is 10.1. The minimum absolute atomic E-state index is 0.0851. The maximum Gasteiger partial charge on any atom is 0.210 e. The van der Waals surface area contributed by atoms with Gasteiger partial charge >= 0.3 is 0 Å². The van der Waals surface area contributed by atoms with Crippen molar-refractivity contribution in [2.24, 2.45) is 0 Å². The van der Waals surface area contributed by atoms with Gasteiger partial charge in [-0.1, -0.05) is 17.8 Å². The summed E-state index contributed by atoms with van der Waals surface area (Å²) in [5.41, 5.74) is 2.58. The third-order valence-electron chi connectivity index (χ3n) is 3.59. The molecule has 0 aliphatic carbocycles. The highest BCUT2D eigenvalue weighted by Gasteiger charge is 2.22. The fourth-order valence-corrected chi connectivity index (χ4v) is 3.33. The zero-order valence-electron chi connectivity index (χ0n) is 14.3. The van der Waals surface area contributed by atoms with E-state index < -0.39 is 0 Å². The summed E-state index contributed by atoms with van der Waals surface area (Å²) in [7, 11) is 0. The van der Waals surface area contributed by atoms with Gasteiger partial charge in [0.05, 0.1) is 11.3 Å². The van der Waals surface area contributed by atoms with Gasteiger partial charge in [-0.25, -0.2) is 4.68 Å². The lowest BCUT2D eigenvalue weighted by molar-refractivity contribution is 0.102. The lowest BCUT2D eigenvalue weighted by Crippen LogP contribution is -2.24. The Labute approximate surface area is 141 Å². The number of ketones is 1. The van der Waals surface area contributed by atoms with Gasteiger partial charge in [-0.05, 0) is 51.1 Å². The lowest BCUT2D eigenvalue weighted by Gasteiger charge is -2.19. The van der Waals surface area contributed by atoms with E-state index in [0.29, 0.717) is 17.5 Å². The molecule has 0 fully saturated rings. The molecule has 0 N–H and O–H groups in total. The van der Waals surface area contributed by atoms with Crippen LogP contribution in [0.2, 0.25) is 0 Å². The van der Waals surface area contributed by atoms with E-state index in [4.69, 9.17) is 0 Å². The zero-order valence-corrected chi connectivity index (χ0v) is 15.1. The number of carbonyl (C=O) groups is 1. The molecule has 2 rings (SSSR count). The number of nitrogens with zero attached hydrogens (tertiary/aromatic N) is 5. The van der Waals surface area contributed by atoms with E-state index in [1.165, 1.54) is 11.8 Å². The molecule has 7 heteroatoms. The molecule has 0 saturated carbocycles. The van der Waals surface area contributed by atoms with Gasteiger partial charge in [0.15, 0.2) is 5.78 Å². The summed E-state index contributed by atoms with van der Waals surface area (Å²) in [5.74, 6) is 0.399. The highest BCUT2D eigenvalue weighted by atomic mass is 32.2. The molecule has 124 valence electrons. The molecule has 0 aliphatic rings. The Balaban J connectivity index is 2.14. The number of tetrazole rings is 1. The van der Waals surface area contributed by atoms with Crippen LogP contribution in [-0.4, -0.2) is 36.3 Å². The quantitative estimate of drug-likeness (QED) is 0.462. The van der Waals surface area contributed by atoms with Crippen molar-refractivity contribution in [2.45, 2.75) is 51.9 Å². The van der Waals surface area contributed by atoms with Crippen LogP contribution in [0.1, 0.15) is 42.5 Å². The predicted octanol–water partition coefficient (Wildman–Crippen LogP) is 3.01. The molecular formula is C16H23N5OS. The molecule has 0 aliphatic heterocycles. The largest absolute Gasteiger partial charge is 0.345 e. The highest BCUT2D eigenvalue weighted by molar-refractivity contribution is 7.99. The number of aromatic nitrogens is 5. The molecule has 0 unspecified atom stereocenters. The van der Waals surface area contributed by atoms with Crippen molar-refractivity contribution in [1.29, 1.82) is 0 Å². The molecule has 0 aromatic carbocycles. The van der Waals surface area contributed by atoms with Crippen LogP contribution >= 0.6 is 11.8 Å². The van der Waals surface area contributed by atoms with Gasteiger partial charge in [-0.2, -0.15) is 0 Å². The fourth-order valence-electron chi connectivity index (χ4n) is 2.39. The first kappa shape index (κ1) is 17.5. The van der Waals surface area contributed by atoms with E-state index in [9.17, 15) is 4.79 Å². The average Bonchev–Trinajstić information content (AvgIpc) is 3.04. The summed E-state index contributed by atoms with van der Waals surface area (Å²) < 4.78 is 3.83. The average molecular weight is 333 g/mol. The van der Waals surface area contributed by atoms with Crippen molar-refractivity contribution in [3.8, 4) is 0 Å². The van der Waals surface area contributed by atoms with Gasteiger partial charge in [0.1, 0.15) is 0 Å². The highest BCUT2D eigenvalue weighted by Crippen LogP contribution is 2.23. The molecule has 2 aromatic heterocycles. The van der Waals surface area contributed by atoms with Crippen molar-refractivity contribution >= 4 is 17.5 Å². The van der Waals surface area contributed by atoms with Crippen molar-refractivity contribution in [1.82, 2.24) is 24.8 Å².